The molecule has 0 saturated carbocycles. The molecule has 140 valence electrons. The first-order chi connectivity index (χ1) is 12.7. The van der Waals surface area contributed by atoms with Crippen molar-refractivity contribution in [2.24, 2.45) is 0 Å². The van der Waals surface area contributed by atoms with Crippen LogP contribution in [-0.2, 0) is 6.54 Å². The van der Waals surface area contributed by atoms with E-state index in [0.717, 1.165) is 37.4 Å². The molecule has 1 aromatic heterocycles. The minimum absolute atomic E-state index is 0.0197. The number of hydrogen-bond acceptors (Lipinski definition) is 3. The number of rotatable bonds is 7. The van der Waals surface area contributed by atoms with Gasteiger partial charge >= 0.3 is 0 Å². The number of likely N-dealkylation sites (tertiary alicyclic amines) is 1. The lowest BCUT2D eigenvalue weighted by atomic mass is 10.1. The zero-order valence-corrected chi connectivity index (χ0v) is 15.8. The molecule has 0 bridgehead atoms. The second-order valence-electron chi connectivity index (χ2n) is 7.16. The third-order valence-electron chi connectivity index (χ3n) is 5.13. The summed E-state index contributed by atoms with van der Waals surface area (Å²) in [6.45, 7) is 7.03. The van der Waals surface area contributed by atoms with Crippen molar-refractivity contribution in [2.75, 3.05) is 26.2 Å². The molecule has 1 amide bonds. The molecule has 1 aliphatic heterocycles. The standard InChI is InChI=1S/C21H30N4O/c1-18-22-12-16-25(18)17-19-7-9-20(10-8-19)21(26)23-11-6-15-24-13-4-2-3-5-14-24/h7-10,12,16H,2-6,11,13-15,17H2,1H3,(H,23,26). The Hall–Kier alpha value is -2.14. The van der Waals surface area contributed by atoms with Crippen LogP contribution in [0, 0.1) is 6.92 Å². The summed E-state index contributed by atoms with van der Waals surface area (Å²) in [5.74, 6) is 1.02. The molecular weight excluding hydrogens is 324 g/mol. The summed E-state index contributed by atoms with van der Waals surface area (Å²) in [4.78, 5) is 19.1. The van der Waals surface area contributed by atoms with Crippen LogP contribution in [0.3, 0.4) is 0 Å². The van der Waals surface area contributed by atoms with Crippen LogP contribution in [0.25, 0.3) is 0 Å². The zero-order chi connectivity index (χ0) is 18.2. The van der Waals surface area contributed by atoms with Gasteiger partial charge in [0.2, 0.25) is 0 Å². The molecule has 1 aromatic carbocycles. The number of benzene rings is 1. The van der Waals surface area contributed by atoms with Crippen molar-refractivity contribution in [3.63, 3.8) is 0 Å². The molecule has 5 heteroatoms. The first kappa shape index (κ1) is 18.6. The van der Waals surface area contributed by atoms with Crippen molar-refractivity contribution in [2.45, 2.75) is 45.6 Å². The minimum atomic E-state index is 0.0197. The maximum absolute atomic E-state index is 12.3. The summed E-state index contributed by atoms with van der Waals surface area (Å²) in [7, 11) is 0. The van der Waals surface area contributed by atoms with Gasteiger partial charge in [0.15, 0.2) is 0 Å². The third-order valence-corrected chi connectivity index (χ3v) is 5.13. The minimum Gasteiger partial charge on any atom is -0.352 e. The second-order valence-corrected chi connectivity index (χ2v) is 7.16. The molecule has 0 atom stereocenters. The summed E-state index contributed by atoms with van der Waals surface area (Å²) >= 11 is 0. The number of aryl methyl sites for hydroxylation is 1. The molecule has 0 aliphatic carbocycles. The van der Waals surface area contributed by atoms with Gasteiger partial charge < -0.3 is 14.8 Å². The van der Waals surface area contributed by atoms with Gasteiger partial charge in [0, 0.05) is 31.0 Å². The lowest BCUT2D eigenvalue weighted by Gasteiger charge is -2.19. The molecule has 1 fully saturated rings. The molecular formula is C21H30N4O. The summed E-state index contributed by atoms with van der Waals surface area (Å²) < 4.78 is 2.10. The Morgan fingerprint density at radius 3 is 2.50 bits per heavy atom. The smallest absolute Gasteiger partial charge is 0.251 e. The number of nitrogens with one attached hydrogen (secondary N) is 1. The largest absolute Gasteiger partial charge is 0.352 e. The number of carbonyl (C=O) groups is 1. The number of carbonyl (C=O) groups excluding carboxylic acids is 1. The molecule has 2 heterocycles. The highest BCUT2D eigenvalue weighted by atomic mass is 16.1. The Morgan fingerprint density at radius 1 is 1.12 bits per heavy atom. The first-order valence-corrected chi connectivity index (χ1v) is 9.79. The van der Waals surface area contributed by atoms with Crippen molar-refractivity contribution in [1.82, 2.24) is 19.8 Å². The van der Waals surface area contributed by atoms with Crippen molar-refractivity contribution in [1.29, 1.82) is 0 Å². The van der Waals surface area contributed by atoms with E-state index < -0.39 is 0 Å². The van der Waals surface area contributed by atoms with E-state index in [0.29, 0.717) is 0 Å². The molecule has 1 aliphatic rings. The highest BCUT2D eigenvalue weighted by Gasteiger charge is 2.09. The van der Waals surface area contributed by atoms with Gasteiger partial charge in [-0.15, -0.1) is 0 Å². The van der Waals surface area contributed by atoms with E-state index in [2.05, 4.69) is 19.8 Å². The van der Waals surface area contributed by atoms with Gasteiger partial charge in [-0.05, 0) is 63.5 Å². The van der Waals surface area contributed by atoms with E-state index >= 15 is 0 Å². The van der Waals surface area contributed by atoms with Crippen molar-refractivity contribution in [3.8, 4) is 0 Å². The topological polar surface area (TPSA) is 50.2 Å². The van der Waals surface area contributed by atoms with Gasteiger partial charge in [0.25, 0.3) is 5.91 Å². The normalized spacial score (nSPS) is 15.6. The van der Waals surface area contributed by atoms with Gasteiger partial charge in [-0.25, -0.2) is 4.98 Å². The summed E-state index contributed by atoms with van der Waals surface area (Å²) in [5.41, 5.74) is 1.90. The number of hydrogen-bond donors (Lipinski definition) is 1. The van der Waals surface area contributed by atoms with Crippen LogP contribution in [0.1, 0.15) is 53.8 Å². The molecule has 0 unspecified atom stereocenters. The van der Waals surface area contributed by atoms with Crippen molar-refractivity contribution >= 4 is 5.91 Å². The average Bonchev–Trinajstić information content (AvgIpc) is 2.90. The Kier molecular flexibility index (Phi) is 6.83. The predicted octanol–water partition coefficient (Wildman–Crippen LogP) is 3.24. The first-order valence-electron chi connectivity index (χ1n) is 9.79. The Balaban J connectivity index is 1.41. The van der Waals surface area contributed by atoms with Crippen molar-refractivity contribution < 1.29 is 4.79 Å². The quantitative estimate of drug-likeness (QED) is 0.777. The summed E-state index contributed by atoms with van der Waals surface area (Å²) in [6.07, 6.45) is 10.2. The number of nitrogens with zero attached hydrogens (tertiary/aromatic N) is 3. The SMILES string of the molecule is Cc1nccn1Cc1ccc(C(=O)NCCCN2CCCCCC2)cc1. The molecule has 1 N–H and O–H groups in total. The van der Waals surface area contributed by atoms with E-state index in [1.807, 2.05) is 43.6 Å². The lowest BCUT2D eigenvalue weighted by molar-refractivity contribution is 0.0951. The fraction of sp³-hybridized carbons (Fsp3) is 0.524. The molecule has 5 nitrogen and oxygen atoms in total. The summed E-state index contributed by atoms with van der Waals surface area (Å²) in [6, 6.07) is 7.86. The van der Waals surface area contributed by atoms with Crippen LogP contribution in [0.2, 0.25) is 0 Å². The molecule has 0 radical (unpaired) electrons. The maximum atomic E-state index is 12.3. The van der Waals surface area contributed by atoms with Crippen LogP contribution in [-0.4, -0.2) is 46.5 Å². The molecule has 1 saturated heterocycles. The maximum Gasteiger partial charge on any atom is 0.251 e. The van der Waals surface area contributed by atoms with Gasteiger partial charge in [-0.3, -0.25) is 4.79 Å². The fourth-order valence-corrected chi connectivity index (χ4v) is 3.50. The van der Waals surface area contributed by atoms with Gasteiger partial charge in [0.1, 0.15) is 5.82 Å². The van der Waals surface area contributed by atoms with E-state index in [-0.39, 0.29) is 5.91 Å². The monoisotopic (exact) mass is 354 g/mol. The number of aromatic nitrogens is 2. The molecule has 0 spiro atoms. The third kappa shape index (κ3) is 5.43. The van der Waals surface area contributed by atoms with Crippen LogP contribution < -0.4 is 5.32 Å². The van der Waals surface area contributed by atoms with E-state index in [1.54, 1.807) is 0 Å². The Bertz CT molecular complexity index is 684. The fourth-order valence-electron chi connectivity index (χ4n) is 3.50. The summed E-state index contributed by atoms with van der Waals surface area (Å²) in [5, 5.41) is 3.05. The number of imidazole rings is 1. The van der Waals surface area contributed by atoms with Crippen LogP contribution >= 0.6 is 0 Å². The average molecular weight is 354 g/mol. The highest BCUT2D eigenvalue weighted by molar-refractivity contribution is 5.94. The highest BCUT2D eigenvalue weighted by Crippen LogP contribution is 2.10. The van der Waals surface area contributed by atoms with Crippen LogP contribution in [0.5, 0.6) is 0 Å². The second kappa shape index (κ2) is 9.53. The van der Waals surface area contributed by atoms with Crippen LogP contribution in [0.15, 0.2) is 36.7 Å². The molecule has 2 aromatic rings. The molecule has 26 heavy (non-hydrogen) atoms. The Labute approximate surface area is 156 Å². The van der Waals surface area contributed by atoms with Crippen LogP contribution in [0.4, 0.5) is 0 Å². The van der Waals surface area contributed by atoms with E-state index in [9.17, 15) is 4.79 Å². The molecule has 3 rings (SSSR count). The lowest BCUT2D eigenvalue weighted by Crippen LogP contribution is -2.30. The van der Waals surface area contributed by atoms with Crippen molar-refractivity contribution in [3.05, 3.63) is 53.6 Å². The van der Waals surface area contributed by atoms with Gasteiger partial charge in [-0.2, -0.15) is 0 Å². The number of amides is 1. The Morgan fingerprint density at radius 2 is 1.85 bits per heavy atom. The van der Waals surface area contributed by atoms with E-state index in [1.165, 1.54) is 44.3 Å². The predicted molar refractivity (Wildman–Crippen MR) is 104 cm³/mol. The zero-order valence-electron chi connectivity index (χ0n) is 15.8. The van der Waals surface area contributed by atoms with E-state index in [4.69, 9.17) is 0 Å². The van der Waals surface area contributed by atoms with Gasteiger partial charge in [-0.1, -0.05) is 25.0 Å². The van der Waals surface area contributed by atoms with Gasteiger partial charge in [0.05, 0.1) is 0 Å².